The van der Waals surface area contributed by atoms with Crippen molar-refractivity contribution in [1.82, 2.24) is 19.2 Å². The lowest BCUT2D eigenvalue weighted by Gasteiger charge is -2.07. The quantitative estimate of drug-likeness (QED) is 0.492. The summed E-state index contributed by atoms with van der Waals surface area (Å²) in [5, 5.41) is 9.19. The molecule has 0 saturated heterocycles. The van der Waals surface area contributed by atoms with Crippen molar-refractivity contribution in [3.05, 3.63) is 69.2 Å². The molecule has 0 saturated carbocycles. The van der Waals surface area contributed by atoms with Gasteiger partial charge in [-0.2, -0.15) is 0 Å². The molecule has 4 aromatic rings. The molecule has 0 amide bonds. The topological polar surface area (TPSA) is 52.2 Å². The first kappa shape index (κ1) is 15.4. The molecule has 7 heteroatoms. The summed E-state index contributed by atoms with van der Waals surface area (Å²) in [5.41, 5.74) is 0.780. The maximum absolute atomic E-state index is 12.4. The molecular formula is C17H13BrN4OS. The molecule has 0 fully saturated rings. The Morgan fingerprint density at radius 2 is 1.96 bits per heavy atom. The Labute approximate surface area is 150 Å². The highest BCUT2D eigenvalue weighted by atomic mass is 79.9. The number of aryl methyl sites for hydroxylation is 1. The maximum Gasteiger partial charge on any atom is 0.262 e. The van der Waals surface area contributed by atoms with Crippen LogP contribution in [0.4, 0.5) is 0 Å². The van der Waals surface area contributed by atoms with Crippen LogP contribution in [0.5, 0.6) is 0 Å². The minimum atomic E-state index is -0.0586. The van der Waals surface area contributed by atoms with Gasteiger partial charge in [0.25, 0.3) is 5.56 Å². The molecule has 4 rings (SSSR count). The third-order valence-corrected chi connectivity index (χ3v) is 5.34. The molecule has 2 heterocycles. The number of para-hydroxylation sites is 1. The summed E-state index contributed by atoms with van der Waals surface area (Å²) >= 11 is 5.17. The fourth-order valence-electron chi connectivity index (χ4n) is 2.69. The Balaban J connectivity index is 1.83. The van der Waals surface area contributed by atoms with Crippen LogP contribution in [0.1, 0.15) is 5.82 Å². The van der Waals surface area contributed by atoms with Crippen molar-refractivity contribution in [3.63, 3.8) is 0 Å². The first-order chi connectivity index (χ1) is 11.6. The highest BCUT2D eigenvalue weighted by molar-refractivity contribution is 9.10. The van der Waals surface area contributed by atoms with E-state index in [0.29, 0.717) is 16.9 Å². The average Bonchev–Trinajstić information content (AvgIpc) is 3.02. The van der Waals surface area contributed by atoms with Crippen LogP contribution in [0.15, 0.2) is 62.7 Å². The van der Waals surface area contributed by atoms with E-state index in [-0.39, 0.29) is 5.56 Å². The summed E-state index contributed by atoms with van der Waals surface area (Å²) in [5.74, 6) is 2.05. The van der Waals surface area contributed by atoms with E-state index < -0.39 is 0 Å². The number of aromatic nitrogens is 4. The van der Waals surface area contributed by atoms with Gasteiger partial charge in [0.05, 0.1) is 16.7 Å². The summed E-state index contributed by atoms with van der Waals surface area (Å²) in [7, 11) is 1.73. The molecule has 24 heavy (non-hydrogen) atoms. The van der Waals surface area contributed by atoms with Crippen molar-refractivity contribution in [2.45, 2.75) is 10.6 Å². The number of fused-ring (bicyclic) bond motifs is 3. The van der Waals surface area contributed by atoms with Gasteiger partial charge in [0.2, 0.25) is 5.78 Å². The van der Waals surface area contributed by atoms with Crippen LogP contribution in [0.2, 0.25) is 0 Å². The number of nitrogens with zero attached hydrogens (tertiary/aromatic N) is 4. The summed E-state index contributed by atoms with van der Waals surface area (Å²) in [6, 6.07) is 15.7. The number of hydrogen-bond donors (Lipinski definition) is 0. The monoisotopic (exact) mass is 400 g/mol. The summed E-state index contributed by atoms with van der Waals surface area (Å²) in [6.45, 7) is 0. The molecule has 0 unspecified atom stereocenters. The van der Waals surface area contributed by atoms with E-state index in [1.54, 1.807) is 23.4 Å². The maximum atomic E-state index is 12.4. The molecule has 120 valence electrons. The zero-order chi connectivity index (χ0) is 16.7. The normalized spacial score (nSPS) is 11.4. The SMILES string of the molecule is Cn1c(=O)c2ccccc2n2c(CSc3cccc(Br)c3)nnc12. The number of thioether (sulfide) groups is 1. The average molecular weight is 401 g/mol. The van der Waals surface area contributed by atoms with Gasteiger partial charge in [-0.3, -0.25) is 13.8 Å². The lowest BCUT2D eigenvalue weighted by Crippen LogP contribution is -2.20. The van der Waals surface area contributed by atoms with E-state index >= 15 is 0 Å². The van der Waals surface area contributed by atoms with Crippen molar-refractivity contribution in [2.24, 2.45) is 7.05 Å². The molecule has 2 aromatic heterocycles. The Morgan fingerprint density at radius 1 is 1.12 bits per heavy atom. The Kier molecular flexibility index (Phi) is 3.90. The minimum absolute atomic E-state index is 0.0586. The van der Waals surface area contributed by atoms with Crippen LogP contribution in [0.3, 0.4) is 0 Å². The van der Waals surface area contributed by atoms with Gasteiger partial charge < -0.3 is 0 Å². The summed E-state index contributed by atoms with van der Waals surface area (Å²) in [6.07, 6.45) is 0. The zero-order valence-corrected chi connectivity index (χ0v) is 15.2. The number of hydrogen-bond acceptors (Lipinski definition) is 4. The summed E-state index contributed by atoms with van der Waals surface area (Å²) in [4.78, 5) is 13.6. The van der Waals surface area contributed by atoms with Gasteiger partial charge in [-0.05, 0) is 30.3 Å². The van der Waals surface area contributed by atoms with Crippen molar-refractivity contribution in [3.8, 4) is 0 Å². The van der Waals surface area contributed by atoms with E-state index in [1.165, 1.54) is 0 Å². The third kappa shape index (κ3) is 2.53. The molecule has 2 aromatic carbocycles. The highest BCUT2D eigenvalue weighted by Gasteiger charge is 2.14. The molecule has 5 nitrogen and oxygen atoms in total. The van der Waals surface area contributed by atoms with E-state index in [1.807, 2.05) is 40.8 Å². The van der Waals surface area contributed by atoms with E-state index in [9.17, 15) is 4.79 Å². The van der Waals surface area contributed by atoms with Gasteiger partial charge in [-0.15, -0.1) is 22.0 Å². The van der Waals surface area contributed by atoms with E-state index in [4.69, 9.17) is 0 Å². The zero-order valence-electron chi connectivity index (χ0n) is 12.8. The second-order valence-corrected chi connectivity index (χ2v) is 7.34. The molecule has 0 spiro atoms. The Hall–Kier alpha value is -2.12. The van der Waals surface area contributed by atoms with Crippen LogP contribution < -0.4 is 5.56 Å². The van der Waals surface area contributed by atoms with Gasteiger partial charge >= 0.3 is 0 Å². The Morgan fingerprint density at radius 3 is 2.79 bits per heavy atom. The molecule has 0 aliphatic rings. The summed E-state index contributed by atoms with van der Waals surface area (Å²) < 4.78 is 4.55. The first-order valence-electron chi connectivity index (χ1n) is 7.35. The lowest BCUT2D eigenvalue weighted by molar-refractivity contribution is 0.858. The molecule has 0 radical (unpaired) electrons. The van der Waals surface area contributed by atoms with Crippen LogP contribution in [0.25, 0.3) is 16.7 Å². The molecule has 0 aliphatic heterocycles. The van der Waals surface area contributed by atoms with Crippen molar-refractivity contribution in [2.75, 3.05) is 0 Å². The first-order valence-corrected chi connectivity index (χ1v) is 9.13. The molecule has 0 N–H and O–H groups in total. The largest absolute Gasteiger partial charge is 0.279 e. The van der Waals surface area contributed by atoms with Gasteiger partial charge in [-0.1, -0.05) is 34.1 Å². The van der Waals surface area contributed by atoms with Gasteiger partial charge in [-0.25, -0.2) is 0 Å². The fraction of sp³-hybridized carbons (Fsp3) is 0.118. The lowest BCUT2D eigenvalue weighted by atomic mass is 10.2. The van der Waals surface area contributed by atoms with Crippen LogP contribution >= 0.6 is 27.7 Å². The van der Waals surface area contributed by atoms with Gasteiger partial charge in [0.1, 0.15) is 5.82 Å². The fourth-order valence-corrected chi connectivity index (χ4v) is 4.11. The van der Waals surface area contributed by atoms with Crippen LogP contribution in [-0.4, -0.2) is 19.2 Å². The predicted octanol–water partition coefficient (Wildman–Crippen LogP) is 3.64. The van der Waals surface area contributed by atoms with Crippen molar-refractivity contribution >= 4 is 44.4 Å². The van der Waals surface area contributed by atoms with E-state index in [0.717, 1.165) is 20.7 Å². The highest BCUT2D eigenvalue weighted by Crippen LogP contribution is 2.25. The second kappa shape index (κ2) is 6.07. The smallest absolute Gasteiger partial charge is 0.262 e. The number of benzene rings is 2. The van der Waals surface area contributed by atoms with Crippen LogP contribution in [-0.2, 0) is 12.8 Å². The Bertz CT molecular complexity index is 1120. The van der Waals surface area contributed by atoms with Gasteiger partial charge in [0.15, 0.2) is 0 Å². The molecule has 0 aliphatic carbocycles. The van der Waals surface area contributed by atoms with Gasteiger partial charge in [0, 0.05) is 16.4 Å². The van der Waals surface area contributed by atoms with Crippen molar-refractivity contribution in [1.29, 1.82) is 0 Å². The molecule has 0 atom stereocenters. The van der Waals surface area contributed by atoms with E-state index in [2.05, 4.69) is 38.3 Å². The molecule has 0 bridgehead atoms. The number of halogens is 1. The standard InChI is InChI=1S/C17H13BrN4OS/c1-21-16(23)13-7-2-3-8-14(13)22-15(19-20-17(21)22)10-24-12-6-4-5-11(18)9-12/h2-9H,10H2,1H3. The third-order valence-electron chi connectivity index (χ3n) is 3.86. The molecular weight excluding hydrogens is 388 g/mol. The number of rotatable bonds is 3. The minimum Gasteiger partial charge on any atom is -0.279 e. The van der Waals surface area contributed by atoms with Crippen LogP contribution in [0, 0.1) is 0 Å². The second-order valence-electron chi connectivity index (χ2n) is 5.38. The van der Waals surface area contributed by atoms with Crippen molar-refractivity contribution < 1.29 is 0 Å². The predicted molar refractivity (Wildman–Crippen MR) is 99.4 cm³/mol.